The van der Waals surface area contributed by atoms with Gasteiger partial charge >= 0.3 is 5.97 Å². The molecule has 1 N–H and O–H groups in total. The van der Waals surface area contributed by atoms with Crippen molar-refractivity contribution in [3.8, 4) is 0 Å². The van der Waals surface area contributed by atoms with Crippen molar-refractivity contribution in [1.82, 2.24) is 10.1 Å². The standard InChI is InChI=1S/C11H13BrN2O4/c1-2-14(5-7(15)16)11(17)8-9(6-3-4-6)18-13-10(8)12/h6H,2-5H2,1H3,(H,15,16). The predicted octanol–water partition coefficient (Wildman–Crippen LogP) is 1.86. The summed E-state index contributed by atoms with van der Waals surface area (Å²) in [5.41, 5.74) is 0.362. The van der Waals surface area contributed by atoms with E-state index in [1.807, 2.05) is 0 Å². The van der Waals surface area contributed by atoms with Gasteiger partial charge in [0.25, 0.3) is 5.91 Å². The van der Waals surface area contributed by atoms with Crippen molar-refractivity contribution in [2.24, 2.45) is 0 Å². The third kappa shape index (κ3) is 2.55. The number of rotatable bonds is 5. The largest absolute Gasteiger partial charge is 0.480 e. The third-order valence-corrected chi connectivity index (χ3v) is 3.38. The number of aliphatic carboxylic acids is 1. The lowest BCUT2D eigenvalue weighted by Crippen LogP contribution is -2.35. The van der Waals surface area contributed by atoms with Crippen molar-refractivity contribution in [1.29, 1.82) is 0 Å². The number of hydrogen-bond acceptors (Lipinski definition) is 4. The number of carboxylic acid groups (broad SMARTS) is 1. The number of halogens is 1. The number of carbonyl (C=O) groups is 2. The molecule has 0 atom stereocenters. The molecule has 1 saturated carbocycles. The molecule has 1 fully saturated rings. The highest BCUT2D eigenvalue weighted by Crippen LogP contribution is 2.43. The lowest BCUT2D eigenvalue weighted by Gasteiger charge is -2.18. The van der Waals surface area contributed by atoms with Gasteiger partial charge in [-0.1, -0.05) is 5.16 Å². The third-order valence-electron chi connectivity index (χ3n) is 2.83. The fourth-order valence-corrected chi connectivity index (χ4v) is 2.19. The van der Waals surface area contributed by atoms with Gasteiger partial charge in [-0.05, 0) is 35.7 Å². The van der Waals surface area contributed by atoms with E-state index in [4.69, 9.17) is 9.63 Å². The van der Waals surface area contributed by atoms with Crippen LogP contribution < -0.4 is 0 Å². The fraction of sp³-hybridized carbons (Fsp3) is 0.545. The van der Waals surface area contributed by atoms with Crippen molar-refractivity contribution < 1.29 is 19.2 Å². The van der Waals surface area contributed by atoms with E-state index in [2.05, 4.69) is 21.1 Å². The number of carbonyl (C=O) groups excluding carboxylic acids is 1. The molecule has 98 valence electrons. The number of carboxylic acids is 1. The van der Waals surface area contributed by atoms with Gasteiger partial charge in [-0.3, -0.25) is 9.59 Å². The van der Waals surface area contributed by atoms with Gasteiger partial charge in [0.15, 0.2) is 10.4 Å². The zero-order valence-corrected chi connectivity index (χ0v) is 11.4. The molecule has 0 saturated heterocycles. The quantitative estimate of drug-likeness (QED) is 0.896. The Hall–Kier alpha value is -1.37. The summed E-state index contributed by atoms with van der Waals surface area (Å²) in [6.45, 7) is 1.74. The van der Waals surface area contributed by atoms with Crippen LogP contribution in [0.25, 0.3) is 0 Å². The summed E-state index contributed by atoms with van der Waals surface area (Å²) in [4.78, 5) is 24.2. The minimum Gasteiger partial charge on any atom is -0.480 e. The molecule has 0 bridgehead atoms. The van der Waals surface area contributed by atoms with E-state index in [0.717, 1.165) is 12.8 Å². The summed E-state index contributed by atoms with van der Waals surface area (Å²) in [5.74, 6) is -0.581. The Morgan fingerprint density at radius 3 is 2.72 bits per heavy atom. The molecule has 0 aromatic carbocycles. The number of nitrogens with zero attached hydrogens (tertiary/aromatic N) is 2. The average Bonchev–Trinajstić information content (AvgIpc) is 3.09. The molecular formula is C11H13BrN2O4. The first-order valence-electron chi connectivity index (χ1n) is 5.70. The van der Waals surface area contributed by atoms with Crippen LogP contribution in [-0.4, -0.2) is 40.1 Å². The SMILES string of the molecule is CCN(CC(=O)O)C(=O)c1c(Br)noc1C1CC1. The van der Waals surface area contributed by atoms with E-state index in [-0.39, 0.29) is 18.4 Å². The lowest BCUT2D eigenvalue weighted by molar-refractivity contribution is -0.137. The highest BCUT2D eigenvalue weighted by atomic mass is 79.9. The first-order chi connectivity index (χ1) is 8.54. The summed E-state index contributed by atoms with van der Waals surface area (Å²) in [6, 6.07) is 0. The fourth-order valence-electron chi connectivity index (χ4n) is 1.75. The van der Waals surface area contributed by atoms with Crippen molar-refractivity contribution >= 4 is 27.8 Å². The molecule has 1 amide bonds. The molecule has 6 nitrogen and oxygen atoms in total. The minimum absolute atomic E-state index is 0.242. The molecule has 0 aliphatic heterocycles. The maximum Gasteiger partial charge on any atom is 0.323 e. The smallest absolute Gasteiger partial charge is 0.323 e. The lowest BCUT2D eigenvalue weighted by atomic mass is 10.1. The number of hydrogen-bond donors (Lipinski definition) is 1. The summed E-state index contributed by atoms with van der Waals surface area (Å²) >= 11 is 3.18. The highest BCUT2D eigenvalue weighted by molar-refractivity contribution is 9.10. The second-order valence-electron chi connectivity index (χ2n) is 4.20. The zero-order valence-electron chi connectivity index (χ0n) is 9.85. The molecule has 1 aromatic rings. The van der Waals surface area contributed by atoms with Crippen molar-refractivity contribution in [3.05, 3.63) is 15.9 Å². The van der Waals surface area contributed by atoms with E-state index in [1.54, 1.807) is 6.92 Å². The van der Waals surface area contributed by atoms with Gasteiger partial charge in [0.1, 0.15) is 12.1 Å². The Labute approximate surface area is 112 Å². The molecule has 18 heavy (non-hydrogen) atoms. The van der Waals surface area contributed by atoms with Gasteiger partial charge in [0, 0.05) is 12.5 Å². The molecule has 1 aliphatic rings. The molecule has 0 unspecified atom stereocenters. The van der Waals surface area contributed by atoms with Crippen LogP contribution >= 0.6 is 15.9 Å². The average molecular weight is 317 g/mol. The predicted molar refractivity (Wildman–Crippen MR) is 65.4 cm³/mol. The van der Waals surface area contributed by atoms with E-state index in [9.17, 15) is 9.59 Å². The summed E-state index contributed by atoms with van der Waals surface area (Å²) in [6.07, 6.45) is 1.96. The van der Waals surface area contributed by atoms with Crippen LogP contribution in [0.2, 0.25) is 0 Å². The van der Waals surface area contributed by atoms with Crippen LogP contribution in [0.1, 0.15) is 41.8 Å². The van der Waals surface area contributed by atoms with Crippen LogP contribution in [0.15, 0.2) is 9.13 Å². The summed E-state index contributed by atoms with van der Waals surface area (Å²) in [5, 5.41) is 12.5. The van der Waals surface area contributed by atoms with Crippen LogP contribution in [0.4, 0.5) is 0 Å². The summed E-state index contributed by atoms with van der Waals surface area (Å²) < 4.78 is 5.49. The Bertz CT molecular complexity index is 481. The Morgan fingerprint density at radius 2 is 2.22 bits per heavy atom. The second kappa shape index (κ2) is 5.09. The minimum atomic E-state index is -1.04. The maximum atomic E-state index is 12.3. The monoisotopic (exact) mass is 316 g/mol. The van der Waals surface area contributed by atoms with Crippen LogP contribution in [0.3, 0.4) is 0 Å². The van der Waals surface area contributed by atoms with E-state index < -0.39 is 5.97 Å². The van der Waals surface area contributed by atoms with Crippen LogP contribution in [0.5, 0.6) is 0 Å². The molecule has 1 aliphatic carbocycles. The van der Waals surface area contributed by atoms with Crippen LogP contribution in [-0.2, 0) is 4.79 Å². The molecule has 7 heteroatoms. The van der Waals surface area contributed by atoms with Crippen molar-refractivity contribution in [2.75, 3.05) is 13.1 Å². The highest BCUT2D eigenvalue weighted by Gasteiger charge is 2.36. The number of likely N-dealkylation sites (N-methyl/N-ethyl adjacent to an activating group) is 1. The van der Waals surface area contributed by atoms with Gasteiger partial charge in [0.05, 0.1) is 0 Å². The molecular weight excluding hydrogens is 304 g/mol. The van der Waals surface area contributed by atoms with Crippen molar-refractivity contribution in [3.63, 3.8) is 0 Å². The van der Waals surface area contributed by atoms with Crippen LogP contribution in [0, 0.1) is 0 Å². The maximum absolute atomic E-state index is 12.3. The van der Waals surface area contributed by atoms with Gasteiger partial charge < -0.3 is 14.5 Å². The van der Waals surface area contributed by atoms with Crippen molar-refractivity contribution in [2.45, 2.75) is 25.7 Å². The molecule has 2 rings (SSSR count). The van der Waals surface area contributed by atoms with Gasteiger partial charge in [-0.15, -0.1) is 0 Å². The molecule has 1 aromatic heterocycles. The Balaban J connectivity index is 2.26. The van der Waals surface area contributed by atoms with Gasteiger partial charge in [-0.25, -0.2) is 0 Å². The molecule has 0 spiro atoms. The molecule has 0 radical (unpaired) electrons. The Kier molecular flexibility index (Phi) is 3.70. The van der Waals surface area contributed by atoms with E-state index in [1.165, 1.54) is 4.90 Å². The van der Waals surface area contributed by atoms with Gasteiger partial charge in [0.2, 0.25) is 0 Å². The topological polar surface area (TPSA) is 83.6 Å². The number of aromatic nitrogens is 1. The number of amides is 1. The molecule has 1 heterocycles. The summed E-state index contributed by atoms with van der Waals surface area (Å²) in [7, 11) is 0. The second-order valence-corrected chi connectivity index (χ2v) is 4.95. The zero-order chi connectivity index (χ0) is 13.3. The first-order valence-corrected chi connectivity index (χ1v) is 6.50. The van der Waals surface area contributed by atoms with Gasteiger partial charge in [-0.2, -0.15) is 0 Å². The van der Waals surface area contributed by atoms with E-state index >= 15 is 0 Å². The first kappa shape index (κ1) is 13.1. The Morgan fingerprint density at radius 1 is 1.56 bits per heavy atom. The van der Waals surface area contributed by atoms with E-state index in [0.29, 0.717) is 22.5 Å². The normalized spacial score (nSPS) is 14.6.